The third-order valence-electron chi connectivity index (χ3n) is 3.56. The predicted octanol–water partition coefficient (Wildman–Crippen LogP) is 5.55. The molecule has 1 aromatic heterocycles. The van der Waals surface area contributed by atoms with Gasteiger partial charge in [0.25, 0.3) is 0 Å². The number of hydrogen-bond donors (Lipinski definition) is 0. The maximum atomic E-state index is 11.1. The number of benzene rings is 2. The van der Waals surface area contributed by atoms with Crippen molar-refractivity contribution in [1.29, 1.82) is 0 Å². The molecular weight excluding hydrogens is 351 g/mol. The van der Waals surface area contributed by atoms with E-state index in [9.17, 15) is 4.79 Å². The third-order valence-corrected chi connectivity index (χ3v) is 4.14. The lowest BCUT2D eigenvalue weighted by Gasteiger charge is -2.11. The molecule has 0 fully saturated rings. The Morgan fingerprint density at radius 3 is 2.67 bits per heavy atom. The maximum absolute atomic E-state index is 11.1. The van der Waals surface area contributed by atoms with Crippen LogP contribution in [-0.2, 0) is 11.4 Å². The highest BCUT2D eigenvalue weighted by Crippen LogP contribution is 2.35. The number of rotatable bonds is 4. The van der Waals surface area contributed by atoms with E-state index in [1.54, 1.807) is 18.2 Å². The zero-order chi connectivity index (χ0) is 17.3. The minimum Gasteiger partial charge on any atom is -0.488 e. The van der Waals surface area contributed by atoms with Crippen LogP contribution in [0.2, 0.25) is 10.0 Å². The Morgan fingerprint density at radius 2 is 1.96 bits per heavy atom. The van der Waals surface area contributed by atoms with Crippen LogP contribution in [0.1, 0.15) is 18.1 Å². The minimum absolute atomic E-state index is 0.305. The molecule has 0 N–H and O–H groups in total. The fraction of sp³-hybridized carbons (Fsp3) is 0.167. The van der Waals surface area contributed by atoms with Gasteiger partial charge in [0.1, 0.15) is 24.2 Å². The second kappa shape index (κ2) is 6.75. The summed E-state index contributed by atoms with van der Waals surface area (Å²) in [4.78, 5) is 11.1. The van der Waals surface area contributed by atoms with Crippen LogP contribution in [0.25, 0.3) is 11.0 Å². The summed E-state index contributed by atoms with van der Waals surface area (Å²) in [6, 6.07) is 8.87. The molecule has 4 nitrogen and oxygen atoms in total. The average Bonchev–Trinajstić information content (AvgIpc) is 2.91. The van der Waals surface area contributed by atoms with Crippen molar-refractivity contribution in [3.63, 3.8) is 0 Å². The molecule has 0 aliphatic rings. The Labute approximate surface area is 148 Å². The van der Waals surface area contributed by atoms with Crippen LogP contribution in [0.15, 0.2) is 41.0 Å². The van der Waals surface area contributed by atoms with Crippen LogP contribution in [-0.4, -0.2) is 5.97 Å². The summed E-state index contributed by atoms with van der Waals surface area (Å²) in [6.07, 6.45) is 1.42. The fourth-order valence-electron chi connectivity index (χ4n) is 2.38. The molecule has 0 aliphatic heterocycles. The number of carbonyl (C=O) groups excluding carboxylic acids is 1. The molecule has 0 saturated carbocycles. The van der Waals surface area contributed by atoms with Crippen LogP contribution in [0, 0.1) is 6.92 Å². The number of furan rings is 1. The Bertz CT molecular complexity index is 915. The maximum Gasteiger partial charge on any atom is 0.308 e. The van der Waals surface area contributed by atoms with Gasteiger partial charge in [0.2, 0.25) is 0 Å². The van der Waals surface area contributed by atoms with Crippen LogP contribution in [0.4, 0.5) is 0 Å². The first-order valence-electron chi connectivity index (χ1n) is 7.21. The largest absolute Gasteiger partial charge is 0.488 e. The van der Waals surface area contributed by atoms with Gasteiger partial charge in [0.05, 0.1) is 5.39 Å². The molecular formula is C18H14Cl2O4. The van der Waals surface area contributed by atoms with Crippen molar-refractivity contribution in [2.45, 2.75) is 20.5 Å². The Hall–Kier alpha value is -2.17. The first-order chi connectivity index (χ1) is 11.5. The van der Waals surface area contributed by atoms with Gasteiger partial charge < -0.3 is 13.9 Å². The van der Waals surface area contributed by atoms with Crippen molar-refractivity contribution < 1.29 is 18.7 Å². The van der Waals surface area contributed by atoms with Crippen LogP contribution in [0.5, 0.6) is 11.5 Å². The summed E-state index contributed by atoms with van der Waals surface area (Å²) in [7, 11) is 0. The molecule has 0 saturated heterocycles. The van der Waals surface area contributed by atoms with E-state index in [1.807, 2.05) is 19.1 Å². The monoisotopic (exact) mass is 364 g/mol. The fourth-order valence-corrected chi connectivity index (χ4v) is 2.84. The molecule has 6 heteroatoms. The number of fused-ring (bicyclic) bond motifs is 1. The normalized spacial score (nSPS) is 10.8. The second-order valence-electron chi connectivity index (χ2n) is 5.28. The standard InChI is InChI=1S/C18H14Cl2O4/c1-10-16(22-8-12-3-4-13(19)7-15(12)20)6-5-14-17(24-11(2)21)9-23-18(10)14/h3-7,9H,8H2,1-2H3. The smallest absolute Gasteiger partial charge is 0.308 e. The second-order valence-corrected chi connectivity index (χ2v) is 6.13. The van der Waals surface area contributed by atoms with Gasteiger partial charge in [0.15, 0.2) is 5.75 Å². The molecule has 0 atom stereocenters. The van der Waals surface area contributed by atoms with Crippen molar-refractivity contribution >= 4 is 40.1 Å². The summed E-state index contributed by atoms with van der Waals surface area (Å²) in [6.45, 7) is 3.53. The Morgan fingerprint density at radius 1 is 1.17 bits per heavy atom. The van der Waals surface area contributed by atoms with Gasteiger partial charge in [-0.25, -0.2) is 0 Å². The van der Waals surface area contributed by atoms with Crippen molar-refractivity contribution in [3.8, 4) is 11.5 Å². The van der Waals surface area contributed by atoms with Gasteiger partial charge in [-0.1, -0.05) is 29.3 Å². The van der Waals surface area contributed by atoms with E-state index in [1.165, 1.54) is 13.2 Å². The predicted molar refractivity (Wildman–Crippen MR) is 93.1 cm³/mol. The lowest BCUT2D eigenvalue weighted by molar-refractivity contribution is -0.131. The minimum atomic E-state index is -0.395. The van der Waals surface area contributed by atoms with Crippen molar-refractivity contribution in [2.75, 3.05) is 0 Å². The molecule has 24 heavy (non-hydrogen) atoms. The molecule has 124 valence electrons. The molecule has 0 amide bonds. The topological polar surface area (TPSA) is 48.7 Å². The van der Waals surface area contributed by atoms with Gasteiger partial charge >= 0.3 is 5.97 Å². The lowest BCUT2D eigenvalue weighted by atomic mass is 10.1. The number of esters is 1. The van der Waals surface area contributed by atoms with E-state index in [-0.39, 0.29) is 0 Å². The summed E-state index contributed by atoms with van der Waals surface area (Å²) < 4.78 is 16.5. The van der Waals surface area contributed by atoms with Crippen LogP contribution >= 0.6 is 23.2 Å². The van der Waals surface area contributed by atoms with Gasteiger partial charge in [0, 0.05) is 28.1 Å². The summed E-state index contributed by atoms with van der Waals surface area (Å²) >= 11 is 12.0. The molecule has 0 spiro atoms. The van der Waals surface area contributed by atoms with E-state index >= 15 is 0 Å². The Balaban J connectivity index is 1.85. The molecule has 3 aromatic rings. The van der Waals surface area contributed by atoms with E-state index in [0.29, 0.717) is 33.7 Å². The number of hydrogen-bond acceptors (Lipinski definition) is 4. The summed E-state index contributed by atoms with van der Waals surface area (Å²) in [5, 5.41) is 1.85. The SMILES string of the molecule is CC(=O)Oc1coc2c(C)c(OCc3ccc(Cl)cc3Cl)ccc12. The van der Waals surface area contributed by atoms with E-state index < -0.39 is 5.97 Å². The molecule has 3 rings (SSSR count). The highest BCUT2D eigenvalue weighted by molar-refractivity contribution is 6.35. The third kappa shape index (κ3) is 3.35. The van der Waals surface area contributed by atoms with Gasteiger partial charge in [-0.05, 0) is 31.2 Å². The number of carbonyl (C=O) groups is 1. The van der Waals surface area contributed by atoms with Gasteiger partial charge in [-0.2, -0.15) is 0 Å². The van der Waals surface area contributed by atoms with Gasteiger partial charge in [-0.15, -0.1) is 0 Å². The van der Waals surface area contributed by atoms with Crippen LogP contribution in [0.3, 0.4) is 0 Å². The number of aryl methyl sites for hydroxylation is 1. The quantitative estimate of drug-likeness (QED) is 0.569. The lowest BCUT2D eigenvalue weighted by Crippen LogP contribution is -2.00. The van der Waals surface area contributed by atoms with E-state index in [2.05, 4.69) is 0 Å². The van der Waals surface area contributed by atoms with E-state index in [4.69, 9.17) is 37.1 Å². The molecule has 0 radical (unpaired) electrons. The molecule has 2 aromatic carbocycles. The molecule has 0 aliphatic carbocycles. The van der Waals surface area contributed by atoms with Crippen molar-refractivity contribution in [2.24, 2.45) is 0 Å². The average molecular weight is 365 g/mol. The van der Waals surface area contributed by atoms with Crippen LogP contribution < -0.4 is 9.47 Å². The molecule has 0 unspecified atom stereocenters. The first-order valence-corrected chi connectivity index (χ1v) is 7.97. The number of ether oxygens (including phenoxy) is 2. The Kier molecular flexibility index (Phi) is 4.69. The highest BCUT2D eigenvalue weighted by Gasteiger charge is 2.14. The summed E-state index contributed by atoms with van der Waals surface area (Å²) in [5.74, 6) is 0.665. The van der Waals surface area contributed by atoms with Crippen molar-refractivity contribution in [1.82, 2.24) is 0 Å². The van der Waals surface area contributed by atoms with E-state index in [0.717, 1.165) is 16.5 Å². The van der Waals surface area contributed by atoms with Gasteiger partial charge in [-0.3, -0.25) is 4.79 Å². The zero-order valence-corrected chi connectivity index (χ0v) is 14.6. The highest BCUT2D eigenvalue weighted by atomic mass is 35.5. The van der Waals surface area contributed by atoms with Crippen molar-refractivity contribution in [3.05, 3.63) is 57.8 Å². The first kappa shape index (κ1) is 16.7. The summed E-state index contributed by atoms with van der Waals surface area (Å²) in [5.41, 5.74) is 2.27. The molecule has 0 bridgehead atoms. The zero-order valence-electron chi connectivity index (χ0n) is 13.1. The molecule has 1 heterocycles. The number of halogens is 2.